The molecule has 0 atom stereocenters. The van der Waals surface area contributed by atoms with Crippen LogP contribution in [0.3, 0.4) is 0 Å². The zero-order valence-electron chi connectivity index (χ0n) is 15.8. The molecule has 2 amide bonds. The van der Waals surface area contributed by atoms with Crippen molar-refractivity contribution in [2.24, 2.45) is 0 Å². The molecule has 6 nitrogen and oxygen atoms in total. The fraction of sp³-hybridized carbons (Fsp3) is 0.333. The monoisotopic (exact) mass is 366 g/mol. The maximum absolute atomic E-state index is 12.5. The SMILES string of the molecule is CCN(CC)C(=O)c1ccc(NC(=O)c2ccc(N)c(NC3CC3)c2)cc1. The summed E-state index contributed by atoms with van der Waals surface area (Å²) < 4.78 is 0. The molecule has 0 aromatic heterocycles. The van der Waals surface area contributed by atoms with E-state index in [0.29, 0.717) is 41.6 Å². The predicted octanol–water partition coefficient (Wildman–Crippen LogP) is 3.58. The van der Waals surface area contributed by atoms with Gasteiger partial charge in [0, 0.05) is 35.9 Å². The van der Waals surface area contributed by atoms with Gasteiger partial charge in [-0.2, -0.15) is 0 Å². The second-order valence-electron chi connectivity index (χ2n) is 6.73. The molecular weight excluding hydrogens is 340 g/mol. The highest BCUT2D eigenvalue weighted by molar-refractivity contribution is 6.05. The van der Waals surface area contributed by atoms with E-state index in [1.54, 1.807) is 47.4 Å². The Labute approximate surface area is 159 Å². The largest absolute Gasteiger partial charge is 0.397 e. The minimum atomic E-state index is -0.211. The zero-order valence-corrected chi connectivity index (χ0v) is 15.8. The van der Waals surface area contributed by atoms with E-state index in [0.717, 1.165) is 18.5 Å². The Bertz CT molecular complexity index is 825. The van der Waals surface area contributed by atoms with Crippen molar-refractivity contribution >= 4 is 28.9 Å². The maximum Gasteiger partial charge on any atom is 0.255 e. The topological polar surface area (TPSA) is 87.5 Å². The number of anilines is 3. The molecule has 1 aliphatic carbocycles. The lowest BCUT2D eigenvalue weighted by Gasteiger charge is -2.18. The second kappa shape index (κ2) is 8.12. The average Bonchev–Trinajstić information content (AvgIpc) is 3.49. The number of nitrogens with two attached hydrogens (primary N) is 1. The average molecular weight is 366 g/mol. The molecule has 2 aromatic carbocycles. The Morgan fingerprint density at radius 3 is 2.26 bits per heavy atom. The first-order valence-corrected chi connectivity index (χ1v) is 9.38. The van der Waals surface area contributed by atoms with Crippen LogP contribution < -0.4 is 16.4 Å². The number of hydrogen-bond donors (Lipinski definition) is 3. The first kappa shape index (κ1) is 18.8. The highest BCUT2D eigenvalue weighted by atomic mass is 16.2. The Kier molecular flexibility index (Phi) is 5.64. The van der Waals surface area contributed by atoms with E-state index < -0.39 is 0 Å². The number of benzene rings is 2. The smallest absolute Gasteiger partial charge is 0.255 e. The quantitative estimate of drug-likeness (QED) is 0.654. The van der Waals surface area contributed by atoms with Crippen molar-refractivity contribution in [2.45, 2.75) is 32.7 Å². The molecule has 4 N–H and O–H groups in total. The fourth-order valence-electron chi connectivity index (χ4n) is 2.86. The molecule has 0 saturated heterocycles. The maximum atomic E-state index is 12.5. The third-order valence-electron chi connectivity index (χ3n) is 4.69. The molecule has 142 valence electrons. The van der Waals surface area contributed by atoms with Crippen molar-refractivity contribution in [3.05, 3.63) is 53.6 Å². The summed E-state index contributed by atoms with van der Waals surface area (Å²) >= 11 is 0. The van der Waals surface area contributed by atoms with Crippen LogP contribution in [0.2, 0.25) is 0 Å². The minimum Gasteiger partial charge on any atom is -0.397 e. The van der Waals surface area contributed by atoms with Gasteiger partial charge in [0.05, 0.1) is 11.4 Å². The number of carbonyl (C=O) groups excluding carboxylic acids is 2. The number of nitrogens with zero attached hydrogens (tertiary/aromatic N) is 1. The van der Waals surface area contributed by atoms with Crippen molar-refractivity contribution in [1.82, 2.24) is 4.90 Å². The first-order chi connectivity index (χ1) is 13.0. The summed E-state index contributed by atoms with van der Waals surface area (Å²) in [4.78, 5) is 26.6. The third-order valence-corrected chi connectivity index (χ3v) is 4.69. The lowest BCUT2D eigenvalue weighted by Crippen LogP contribution is -2.30. The highest BCUT2D eigenvalue weighted by Crippen LogP contribution is 2.29. The summed E-state index contributed by atoms with van der Waals surface area (Å²) in [5, 5.41) is 6.20. The Balaban J connectivity index is 1.68. The summed E-state index contributed by atoms with van der Waals surface area (Å²) in [6.07, 6.45) is 2.27. The number of hydrogen-bond acceptors (Lipinski definition) is 4. The van der Waals surface area contributed by atoms with Crippen LogP contribution in [0.1, 0.15) is 47.4 Å². The van der Waals surface area contributed by atoms with Crippen molar-refractivity contribution in [3.8, 4) is 0 Å². The summed E-state index contributed by atoms with van der Waals surface area (Å²) in [7, 11) is 0. The van der Waals surface area contributed by atoms with Crippen LogP contribution in [0.15, 0.2) is 42.5 Å². The van der Waals surface area contributed by atoms with Gasteiger partial charge in [-0.25, -0.2) is 0 Å². The molecule has 0 radical (unpaired) electrons. The molecule has 1 saturated carbocycles. The summed E-state index contributed by atoms with van der Waals surface area (Å²) in [5.74, 6) is -0.219. The van der Waals surface area contributed by atoms with Gasteiger partial charge in [-0.1, -0.05) is 0 Å². The summed E-state index contributed by atoms with van der Waals surface area (Å²) in [6.45, 7) is 5.24. The van der Waals surface area contributed by atoms with Gasteiger partial charge in [-0.3, -0.25) is 9.59 Å². The molecule has 0 bridgehead atoms. The van der Waals surface area contributed by atoms with Gasteiger partial charge in [-0.15, -0.1) is 0 Å². The van der Waals surface area contributed by atoms with E-state index in [2.05, 4.69) is 10.6 Å². The van der Waals surface area contributed by atoms with Crippen LogP contribution in [0.5, 0.6) is 0 Å². The molecule has 0 heterocycles. The molecule has 6 heteroatoms. The van der Waals surface area contributed by atoms with Gasteiger partial charge in [0.2, 0.25) is 0 Å². The molecule has 0 unspecified atom stereocenters. The lowest BCUT2D eigenvalue weighted by molar-refractivity contribution is 0.0773. The van der Waals surface area contributed by atoms with E-state index in [4.69, 9.17) is 5.73 Å². The molecule has 3 rings (SSSR count). The van der Waals surface area contributed by atoms with Crippen molar-refractivity contribution < 1.29 is 9.59 Å². The standard InChI is InChI=1S/C21H26N4O2/c1-3-25(4-2)21(27)14-5-8-17(9-6-14)24-20(26)15-7-12-18(22)19(13-15)23-16-10-11-16/h5-9,12-13,16,23H,3-4,10-11,22H2,1-2H3,(H,24,26). The Hall–Kier alpha value is -3.02. The van der Waals surface area contributed by atoms with Crippen LogP contribution in [0, 0.1) is 0 Å². The predicted molar refractivity (Wildman–Crippen MR) is 109 cm³/mol. The van der Waals surface area contributed by atoms with Gasteiger partial charge in [0.1, 0.15) is 0 Å². The molecule has 2 aromatic rings. The van der Waals surface area contributed by atoms with Gasteiger partial charge in [-0.05, 0) is 69.2 Å². The number of nitrogen functional groups attached to an aromatic ring is 1. The van der Waals surface area contributed by atoms with Gasteiger partial charge >= 0.3 is 0 Å². The summed E-state index contributed by atoms with van der Waals surface area (Å²) in [6, 6.07) is 12.7. The fourth-order valence-corrected chi connectivity index (χ4v) is 2.86. The molecule has 27 heavy (non-hydrogen) atoms. The minimum absolute atomic E-state index is 0.00722. The van der Waals surface area contributed by atoms with Crippen LogP contribution in [-0.2, 0) is 0 Å². The normalized spacial score (nSPS) is 13.1. The number of rotatable bonds is 7. The van der Waals surface area contributed by atoms with Crippen molar-refractivity contribution in [1.29, 1.82) is 0 Å². The molecule has 0 aliphatic heterocycles. The molecule has 0 spiro atoms. The van der Waals surface area contributed by atoms with Crippen molar-refractivity contribution in [2.75, 3.05) is 29.5 Å². The molecule has 1 aliphatic rings. The van der Waals surface area contributed by atoms with E-state index in [1.165, 1.54) is 0 Å². The molecule has 1 fully saturated rings. The van der Waals surface area contributed by atoms with Crippen LogP contribution >= 0.6 is 0 Å². The summed E-state index contributed by atoms with van der Waals surface area (Å²) in [5.41, 5.74) is 9.21. The molecular formula is C21H26N4O2. The Morgan fingerprint density at radius 1 is 1.04 bits per heavy atom. The van der Waals surface area contributed by atoms with Crippen LogP contribution in [0.25, 0.3) is 0 Å². The van der Waals surface area contributed by atoms with E-state index in [-0.39, 0.29) is 11.8 Å². The number of carbonyl (C=O) groups is 2. The number of nitrogens with one attached hydrogen (secondary N) is 2. The lowest BCUT2D eigenvalue weighted by atomic mass is 10.1. The third kappa shape index (κ3) is 4.58. The highest BCUT2D eigenvalue weighted by Gasteiger charge is 2.22. The van der Waals surface area contributed by atoms with Gasteiger partial charge in [0.15, 0.2) is 0 Å². The van der Waals surface area contributed by atoms with Gasteiger partial charge < -0.3 is 21.3 Å². The second-order valence-corrected chi connectivity index (χ2v) is 6.73. The first-order valence-electron chi connectivity index (χ1n) is 9.38. The van der Waals surface area contributed by atoms with E-state index >= 15 is 0 Å². The number of amides is 2. The van der Waals surface area contributed by atoms with Crippen LogP contribution in [0.4, 0.5) is 17.1 Å². The van der Waals surface area contributed by atoms with Crippen molar-refractivity contribution in [3.63, 3.8) is 0 Å². The van der Waals surface area contributed by atoms with Gasteiger partial charge in [0.25, 0.3) is 11.8 Å². The van der Waals surface area contributed by atoms with Crippen LogP contribution in [-0.4, -0.2) is 35.8 Å². The van der Waals surface area contributed by atoms with E-state index in [9.17, 15) is 9.59 Å². The van der Waals surface area contributed by atoms with E-state index in [1.807, 2.05) is 13.8 Å². The Morgan fingerprint density at radius 2 is 1.67 bits per heavy atom. The zero-order chi connectivity index (χ0) is 19.4.